The number of hydrogen-bond donors (Lipinski definition) is 2. The monoisotopic (exact) mass is 279 g/mol. The maximum atomic E-state index is 5.89. The highest BCUT2D eigenvalue weighted by Gasteiger charge is 2.13. The molecule has 4 aromatic rings. The second-order valence-corrected chi connectivity index (χ2v) is 4.80. The van der Waals surface area contributed by atoms with Gasteiger partial charge in [0.1, 0.15) is 5.75 Å². The Labute approximate surface area is 120 Å². The van der Waals surface area contributed by atoms with Gasteiger partial charge in [-0.15, -0.1) is 0 Å². The summed E-state index contributed by atoms with van der Waals surface area (Å²) in [6.45, 7) is 0. The van der Waals surface area contributed by atoms with E-state index in [4.69, 9.17) is 10.5 Å². The third kappa shape index (κ3) is 1.73. The lowest BCUT2D eigenvalue weighted by atomic mass is 10.2. The molecule has 2 aromatic heterocycles. The van der Waals surface area contributed by atoms with Gasteiger partial charge in [0.2, 0.25) is 5.78 Å². The van der Waals surface area contributed by atoms with Crippen molar-refractivity contribution >= 4 is 22.5 Å². The van der Waals surface area contributed by atoms with Crippen LogP contribution < -0.4 is 10.5 Å². The van der Waals surface area contributed by atoms with Crippen LogP contribution >= 0.6 is 0 Å². The fourth-order valence-corrected chi connectivity index (χ4v) is 2.49. The number of hydrogen-bond acceptors (Lipinski definition) is 4. The van der Waals surface area contributed by atoms with Gasteiger partial charge >= 0.3 is 0 Å². The lowest BCUT2D eigenvalue weighted by Crippen LogP contribution is -1.90. The molecule has 0 spiro atoms. The van der Waals surface area contributed by atoms with E-state index in [9.17, 15) is 0 Å². The van der Waals surface area contributed by atoms with Gasteiger partial charge in [-0.3, -0.25) is 4.40 Å². The number of aromatic nitrogens is 4. The number of nitrogens with zero attached hydrogens (tertiary/aromatic N) is 3. The van der Waals surface area contributed by atoms with Crippen LogP contribution in [0.4, 0.5) is 5.69 Å². The summed E-state index contributed by atoms with van der Waals surface area (Å²) in [4.78, 5) is 4.50. The van der Waals surface area contributed by atoms with Gasteiger partial charge in [-0.1, -0.05) is 12.1 Å². The summed E-state index contributed by atoms with van der Waals surface area (Å²) < 4.78 is 7.23. The highest BCUT2D eigenvalue weighted by atomic mass is 16.5. The van der Waals surface area contributed by atoms with Gasteiger partial charge in [-0.2, -0.15) is 5.10 Å². The van der Waals surface area contributed by atoms with Gasteiger partial charge in [0.15, 0.2) is 5.82 Å². The topological polar surface area (TPSA) is 81.2 Å². The largest absolute Gasteiger partial charge is 0.497 e. The molecule has 104 valence electrons. The number of rotatable bonds is 2. The molecule has 0 bridgehead atoms. The molecule has 6 heteroatoms. The number of nitrogen functional groups attached to an aromatic ring is 1. The molecule has 0 atom stereocenters. The second-order valence-electron chi connectivity index (χ2n) is 4.80. The average molecular weight is 279 g/mol. The molecule has 0 saturated carbocycles. The number of fused-ring (bicyclic) bond motifs is 3. The van der Waals surface area contributed by atoms with E-state index in [0.717, 1.165) is 28.2 Å². The molecule has 0 radical (unpaired) electrons. The number of nitrogens with one attached hydrogen (secondary N) is 1. The first-order chi connectivity index (χ1) is 10.3. The summed E-state index contributed by atoms with van der Waals surface area (Å²) >= 11 is 0. The molecule has 0 saturated heterocycles. The van der Waals surface area contributed by atoms with Crippen LogP contribution in [0.5, 0.6) is 5.75 Å². The van der Waals surface area contributed by atoms with Gasteiger partial charge in [-0.25, -0.2) is 10.1 Å². The minimum atomic E-state index is 0.688. The van der Waals surface area contributed by atoms with Crippen LogP contribution in [0, 0.1) is 0 Å². The number of anilines is 1. The molecule has 2 aromatic carbocycles. The van der Waals surface area contributed by atoms with Crippen molar-refractivity contribution < 1.29 is 4.74 Å². The van der Waals surface area contributed by atoms with Crippen molar-refractivity contribution in [3.8, 4) is 17.1 Å². The maximum Gasteiger partial charge on any atom is 0.230 e. The standard InChI is InChI=1S/C15H13N5O/c1-21-11-4-2-3-9(7-11)14-18-19-15-17-12-6-5-10(16)8-13(12)20(14)15/h2-8H,16H2,1H3,(H,17,19). The second kappa shape index (κ2) is 4.24. The fraction of sp³-hybridized carbons (Fsp3) is 0.0667. The Bertz CT molecular complexity index is 953. The van der Waals surface area contributed by atoms with Gasteiger partial charge in [-0.05, 0) is 30.3 Å². The zero-order chi connectivity index (χ0) is 14.4. The van der Waals surface area contributed by atoms with E-state index in [-0.39, 0.29) is 0 Å². The van der Waals surface area contributed by atoms with Crippen LogP contribution in [-0.2, 0) is 0 Å². The van der Waals surface area contributed by atoms with Gasteiger partial charge in [0, 0.05) is 11.3 Å². The normalized spacial score (nSPS) is 11.3. The first-order valence-corrected chi connectivity index (χ1v) is 6.53. The number of ether oxygens (including phenoxy) is 1. The molecule has 6 nitrogen and oxygen atoms in total. The van der Waals surface area contributed by atoms with Crippen LogP contribution in [0.15, 0.2) is 42.5 Å². The smallest absolute Gasteiger partial charge is 0.230 e. The van der Waals surface area contributed by atoms with Gasteiger partial charge in [0.05, 0.1) is 18.1 Å². The molecule has 4 rings (SSSR count). The molecule has 0 aliphatic rings. The Hall–Kier alpha value is -3.02. The van der Waals surface area contributed by atoms with Crippen molar-refractivity contribution in [2.24, 2.45) is 0 Å². The van der Waals surface area contributed by atoms with Crippen LogP contribution in [-0.4, -0.2) is 26.7 Å². The van der Waals surface area contributed by atoms with Gasteiger partial charge in [0.25, 0.3) is 0 Å². The maximum absolute atomic E-state index is 5.89. The summed E-state index contributed by atoms with van der Waals surface area (Å²) in [5, 5.41) is 7.31. The molecule has 0 unspecified atom stereocenters. The van der Waals surface area contributed by atoms with Crippen LogP contribution in [0.25, 0.3) is 28.2 Å². The van der Waals surface area contributed by atoms with Crippen LogP contribution in [0.1, 0.15) is 0 Å². The lowest BCUT2D eigenvalue weighted by molar-refractivity contribution is 0.415. The minimum absolute atomic E-state index is 0.688. The highest BCUT2D eigenvalue weighted by molar-refractivity contribution is 5.84. The average Bonchev–Trinajstić information content (AvgIpc) is 3.06. The van der Waals surface area contributed by atoms with Crippen molar-refractivity contribution in [1.29, 1.82) is 0 Å². The van der Waals surface area contributed by atoms with Crippen molar-refractivity contribution in [3.05, 3.63) is 42.5 Å². The summed E-state index contributed by atoms with van der Waals surface area (Å²) in [6.07, 6.45) is 0. The van der Waals surface area contributed by atoms with Crippen LogP contribution in [0.3, 0.4) is 0 Å². The zero-order valence-electron chi connectivity index (χ0n) is 11.4. The number of benzene rings is 2. The highest BCUT2D eigenvalue weighted by Crippen LogP contribution is 2.27. The first-order valence-electron chi connectivity index (χ1n) is 6.53. The van der Waals surface area contributed by atoms with E-state index >= 15 is 0 Å². The number of methoxy groups -OCH3 is 1. The molecule has 0 fully saturated rings. The molecule has 21 heavy (non-hydrogen) atoms. The number of aromatic amines is 1. The molecule has 3 N–H and O–H groups in total. The number of H-pyrrole nitrogens is 1. The van der Waals surface area contributed by atoms with Crippen molar-refractivity contribution in [1.82, 2.24) is 19.6 Å². The molecular weight excluding hydrogens is 266 g/mol. The molecule has 0 amide bonds. The Balaban J connectivity index is 2.04. The van der Waals surface area contributed by atoms with Crippen LogP contribution in [0.2, 0.25) is 0 Å². The Morgan fingerprint density at radius 3 is 2.95 bits per heavy atom. The predicted molar refractivity (Wildman–Crippen MR) is 81.2 cm³/mol. The van der Waals surface area contributed by atoms with E-state index in [0.29, 0.717) is 11.5 Å². The SMILES string of the molecule is COc1cccc(-c2n[nH]c3nc4ccc(N)cc4n23)c1. The first kappa shape index (κ1) is 11.8. The Kier molecular flexibility index (Phi) is 2.38. The summed E-state index contributed by atoms with van der Waals surface area (Å²) in [5.41, 5.74) is 9.33. The van der Waals surface area contributed by atoms with E-state index in [1.165, 1.54) is 0 Å². The van der Waals surface area contributed by atoms with Crippen molar-refractivity contribution in [2.75, 3.05) is 12.8 Å². The molecule has 0 aliphatic carbocycles. The number of nitrogens with two attached hydrogens (primary N) is 1. The zero-order valence-corrected chi connectivity index (χ0v) is 11.4. The Morgan fingerprint density at radius 1 is 1.19 bits per heavy atom. The molecule has 2 heterocycles. The van der Waals surface area contributed by atoms with Crippen molar-refractivity contribution in [3.63, 3.8) is 0 Å². The van der Waals surface area contributed by atoms with Gasteiger partial charge < -0.3 is 10.5 Å². The summed E-state index contributed by atoms with van der Waals surface area (Å²) in [6, 6.07) is 13.4. The number of imidazole rings is 1. The lowest BCUT2D eigenvalue weighted by Gasteiger charge is -2.03. The third-order valence-electron chi connectivity index (χ3n) is 3.48. The third-order valence-corrected chi connectivity index (χ3v) is 3.48. The van der Waals surface area contributed by atoms with E-state index in [1.54, 1.807) is 7.11 Å². The fourth-order valence-electron chi connectivity index (χ4n) is 2.49. The predicted octanol–water partition coefficient (Wildman–Crippen LogP) is 2.47. The summed E-state index contributed by atoms with van der Waals surface area (Å²) in [7, 11) is 1.65. The molecule has 0 aliphatic heterocycles. The van der Waals surface area contributed by atoms with E-state index in [1.807, 2.05) is 46.9 Å². The minimum Gasteiger partial charge on any atom is -0.497 e. The molecular formula is C15H13N5O. The Morgan fingerprint density at radius 2 is 2.10 bits per heavy atom. The summed E-state index contributed by atoms with van der Waals surface area (Å²) in [5.74, 6) is 2.25. The van der Waals surface area contributed by atoms with E-state index in [2.05, 4.69) is 15.2 Å². The van der Waals surface area contributed by atoms with E-state index < -0.39 is 0 Å². The quantitative estimate of drug-likeness (QED) is 0.552. The van der Waals surface area contributed by atoms with Crippen molar-refractivity contribution in [2.45, 2.75) is 0 Å².